The van der Waals surface area contributed by atoms with Crippen molar-refractivity contribution in [3.05, 3.63) is 66.0 Å². The fourth-order valence-corrected chi connectivity index (χ4v) is 3.26. The van der Waals surface area contributed by atoms with E-state index in [0.717, 1.165) is 0 Å². The molecule has 0 saturated heterocycles. The highest BCUT2D eigenvalue weighted by atomic mass is 32.1. The molecule has 128 valence electrons. The molecule has 25 heavy (non-hydrogen) atoms. The number of amides is 1. The lowest BCUT2D eigenvalue weighted by molar-refractivity contribution is 0.0983. The Morgan fingerprint density at radius 2 is 1.88 bits per heavy atom. The lowest BCUT2D eigenvalue weighted by atomic mass is 10.1. The van der Waals surface area contributed by atoms with Gasteiger partial charge in [0.1, 0.15) is 10.8 Å². The summed E-state index contributed by atoms with van der Waals surface area (Å²) in [5.74, 6) is -0.168. The van der Waals surface area contributed by atoms with Crippen LogP contribution in [0.2, 0.25) is 0 Å². The summed E-state index contributed by atoms with van der Waals surface area (Å²) in [5.41, 5.74) is 1.26. The smallest absolute Gasteiger partial charge is 0.260 e. The molecule has 0 N–H and O–H groups in total. The van der Waals surface area contributed by atoms with Gasteiger partial charge in [-0.05, 0) is 30.2 Å². The van der Waals surface area contributed by atoms with Gasteiger partial charge in [0.25, 0.3) is 5.91 Å². The summed E-state index contributed by atoms with van der Waals surface area (Å²) < 4.78 is 13.4. The van der Waals surface area contributed by atoms with Crippen molar-refractivity contribution in [1.82, 2.24) is 10.2 Å². The number of anilines is 1. The standard InChI is InChI=1S/C19H18FN3OS/c1-13(2)12-23(18(24)14-7-4-3-5-8-14)19-22-21-17(25-19)15-9-6-10-16(20)11-15/h3-11,13H,12H2,1-2H3. The Hall–Kier alpha value is -2.60. The van der Waals surface area contributed by atoms with Crippen molar-refractivity contribution in [3.63, 3.8) is 0 Å². The fraction of sp³-hybridized carbons (Fsp3) is 0.211. The van der Waals surface area contributed by atoms with Crippen molar-refractivity contribution < 1.29 is 9.18 Å². The number of carbonyl (C=O) groups excluding carboxylic acids is 1. The van der Waals surface area contributed by atoms with E-state index in [9.17, 15) is 9.18 Å². The van der Waals surface area contributed by atoms with E-state index in [4.69, 9.17) is 0 Å². The Morgan fingerprint density at radius 3 is 2.56 bits per heavy atom. The summed E-state index contributed by atoms with van der Waals surface area (Å²) in [5, 5.41) is 9.42. The van der Waals surface area contributed by atoms with Gasteiger partial charge in [0.15, 0.2) is 0 Å². The van der Waals surface area contributed by atoms with Gasteiger partial charge in [-0.1, -0.05) is 55.5 Å². The molecule has 0 unspecified atom stereocenters. The predicted octanol–water partition coefficient (Wildman–Crippen LogP) is 4.65. The topological polar surface area (TPSA) is 46.1 Å². The van der Waals surface area contributed by atoms with Crippen LogP contribution < -0.4 is 4.90 Å². The van der Waals surface area contributed by atoms with Gasteiger partial charge in [-0.3, -0.25) is 9.69 Å². The second-order valence-electron chi connectivity index (χ2n) is 6.08. The van der Waals surface area contributed by atoms with Crippen LogP contribution in [0.25, 0.3) is 10.6 Å². The normalized spacial score (nSPS) is 10.9. The van der Waals surface area contributed by atoms with E-state index >= 15 is 0 Å². The number of nitrogens with zero attached hydrogens (tertiary/aromatic N) is 3. The lowest BCUT2D eigenvalue weighted by Gasteiger charge is -2.21. The summed E-state index contributed by atoms with van der Waals surface area (Å²) in [4.78, 5) is 14.5. The lowest BCUT2D eigenvalue weighted by Crippen LogP contribution is -2.34. The highest BCUT2D eigenvalue weighted by molar-refractivity contribution is 7.18. The highest BCUT2D eigenvalue weighted by Crippen LogP contribution is 2.30. The summed E-state index contributed by atoms with van der Waals surface area (Å²) >= 11 is 1.28. The summed E-state index contributed by atoms with van der Waals surface area (Å²) in [6.07, 6.45) is 0. The van der Waals surface area contributed by atoms with Crippen LogP contribution in [-0.2, 0) is 0 Å². The van der Waals surface area contributed by atoms with Crippen LogP contribution in [0.5, 0.6) is 0 Å². The quantitative estimate of drug-likeness (QED) is 0.669. The van der Waals surface area contributed by atoms with Gasteiger partial charge >= 0.3 is 0 Å². The van der Waals surface area contributed by atoms with Crippen LogP contribution in [0.1, 0.15) is 24.2 Å². The van der Waals surface area contributed by atoms with Crippen molar-refractivity contribution in [2.24, 2.45) is 5.92 Å². The molecule has 3 aromatic rings. The molecule has 0 aliphatic rings. The molecule has 0 radical (unpaired) electrons. The van der Waals surface area contributed by atoms with Gasteiger partial charge in [0.05, 0.1) is 0 Å². The Labute approximate surface area is 150 Å². The molecule has 1 heterocycles. The minimum Gasteiger partial charge on any atom is -0.282 e. The molecule has 0 bridgehead atoms. The van der Waals surface area contributed by atoms with Gasteiger partial charge in [-0.25, -0.2) is 4.39 Å². The third-order valence-electron chi connectivity index (χ3n) is 3.53. The molecule has 1 amide bonds. The van der Waals surface area contributed by atoms with Crippen LogP contribution in [0.15, 0.2) is 54.6 Å². The van der Waals surface area contributed by atoms with E-state index < -0.39 is 0 Å². The van der Waals surface area contributed by atoms with Gasteiger partial charge in [0.2, 0.25) is 5.13 Å². The van der Waals surface area contributed by atoms with E-state index in [0.29, 0.717) is 27.8 Å². The number of benzene rings is 2. The maximum atomic E-state index is 13.4. The molecular weight excluding hydrogens is 337 g/mol. The molecule has 0 fully saturated rings. The Kier molecular flexibility index (Phi) is 5.19. The number of aromatic nitrogens is 2. The predicted molar refractivity (Wildman–Crippen MR) is 98.3 cm³/mol. The van der Waals surface area contributed by atoms with Gasteiger partial charge < -0.3 is 0 Å². The van der Waals surface area contributed by atoms with E-state index in [1.54, 1.807) is 29.2 Å². The summed E-state index contributed by atoms with van der Waals surface area (Å²) in [7, 11) is 0. The Bertz CT molecular complexity index is 864. The van der Waals surface area contributed by atoms with E-state index in [1.807, 2.05) is 32.0 Å². The minimum absolute atomic E-state index is 0.115. The summed E-state index contributed by atoms with van der Waals surface area (Å²) in [6.45, 7) is 4.62. The average Bonchev–Trinajstić information content (AvgIpc) is 3.09. The number of rotatable bonds is 5. The van der Waals surface area contributed by atoms with E-state index in [-0.39, 0.29) is 17.6 Å². The first-order chi connectivity index (χ1) is 12.0. The molecule has 0 spiro atoms. The minimum atomic E-state index is -0.325. The van der Waals surface area contributed by atoms with Crippen LogP contribution in [-0.4, -0.2) is 22.6 Å². The first-order valence-electron chi connectivity index (χ1n) is 8.01. The van der Waals surface area contributed by atoms with Crippen molar-refractivity contribution in [2.45, 2.75) is 13.8 Å². The molecule has 0 aliphatic heterocycles. The van der Waals surface area contributed by atoms with Crippen LogP contribution >= 0.6 is 11.3 Å². The molecular formula is C19H18FN3OS. The number of carbonyl (C=O) groups is 1. The van der Waals surface area contributed by atoms with Crippen molar-refractivity contribution >= 4 is 22.4 Å². The number of hydrogen-bond donors (Lipinski definition) is 0. The Morgan fingerprint density at radius 1 is 1.12 bits per heavy atom. The number of hydrogen-bond acceptors (Lipinski definition) is 4. The molecule has 1 aromatic heterocycles. The maximum absolute atomic E-state index is 13.4. The molecule has 3 rings (SSSR count). The first-order valence-corrected chi connectivity index (χ1v) is 8.82. The third-order valence-corrected chi connectivity index (χ3v) is 4.53. The maximum Gasteiger partial charge on any atom is 0.260 e. The van der Waals surface area contributed by atoms with Gasteiger partial charge in [-0.2, -0.15) is 0 Å². The zero-order valence-electron chi connectivity index (χ0n) is 14.0. The SMILES string of the molecule is CC(C)CN(C(=O)c1ccccc1)c1nnc(-c2cccc(F)c2)s1. The average molecular weight is 355 g/mol. The van der Waals surface area contributed by atoms with Crippen molar-refractivity contribution in [1.29, 1.82) is 0 Å². The van der Waals surface area contributed by atoms with E-state index in [2.05, 4.69) is 10.2 Å². The van der Waals surface area contributed by atoms with Crippen LogP contribution in [0.3, 0.4) is 0 Å². The highest BCUT2D eigenvalue weighted by Gasteiger charge is 2.22. The first kappa shape index (κ1) is 17.2. The zero-order valence-corrected chi connectivity index (χ0v) is 14.8. The monoisotopic (exact) mass is 355 g/mol. The largest absolute Gasteiger partial charge is 0.282 e. The third kappa shape index (κ3) is 4.09. The molecule has 2 aromatic carbocycles. The summed E-state index contributed by atoms with van der Waals surface area (Å²) in [6, 6.07) is 15.3. The Balaban J connectivity index is 1.93. The number of halogens is 1. The zero-order chi connectivity index (χ0) is 17.8. The van der Waals surface area contributed by atoms with Gasteiger partial charge in [-0.15, -0.1) is 10.2 Å². The molecule has 0 aliphatic carbocycles. The van der Waals surface area contributed by atoms with Crippen molar-refractivity contribution in [3.8, 4) is 10.6 Å². The van der Waals surface area contributed by atoms with Crippen LogP contribution in [0.4, 0.5) is 9.52 Å². The van der Waals surface area contributed by atoms with Gasteiger partial charge in [0, 0.05) is 17.7 Å². The second-order valence-corrected chi connectivity index (χ2v) is 7.03. The van der Waals surface area contributed by atoms with E-state index in [1.165, 1.54) is 23.5 Å². The molecule has 6 heteroatoms. The fourth-order valence-electron chi connectivity index (χ4n) is 2.41. The van der Waals surface area contributed by atoms with Crippen LogP contribution in [0, 0.1) is 11.7 Å². The molecule has 0 saturated carbocycles. The van der Waals surface area contributed by atoms with Crippen molar-refractivity contribution in [2.75, 3.05) is 11.4 Å². The second kappa shape index (κ2) is 7.53. The molecule has 4 nitrogen and oxygen atoms in total. The molecule has 0 atom stereocenters.